The van der Waals surface area contributed by atoms with Crippen LogP contribution < -0.4 is 27.2 Å². The molecule has 11 heteroatoms. The number of fused-ring (bicyclic) bond motifs is 1. The third-order valence-corrected chi connectivity index (χ3v) is 7.29. The number of allylic oxidation sites excluding steroid dienone is 2. The first-order chi connectivity index (χ1) is 19.8. The molecule has 0 saturated carbocycles. The minimum absolute atomic E-state index is 0.0146. The molecular weight excluding hydrogens is 522 g/mol. The molecular formula is C30H33N7O4. The third kappa shape index (κ3) is 5.48. The number of ketones is 1. The van der Waals surface area contributed by atoms with Crippen molar-refractivity contribution in [3.05, 3.63) is 98.7 Å². The van der Waals surface area contributed by atoms with Crippen LogP contribution in [0.5, 0.6) is 0 Å². The number of hydrogen-bond acceptors (Lipinski definition) is 7. The number of carbonyl (C=O) groups excluding carboxylic acids is 2. The van der Waals surface area contributed by atoms with Gasteiger partial charge in [0.1, 0.15) is 0 Å². The molecule has 0 radical (unpaired) electrons. The van der Waals surface area contributed by atoms with Crippen molar-refractivity contribution >= 4 is 34.5 Å². The predicted molar refractivity (Wildman–Crippen MR) is 159 cm³/mol. The van der Waals surface area contributed by atoms with Crippen LogP contribution in [0.15, 0.2) is 76.3 Å². The second-order valence-corrected chi connectivity index (χ2v) is 10.1. The van der Waals surface area contributed by atoms with Gasteiger partial charge in [0.25, 0.3) is 11.5 Å². The summed E-state index contributed by atoms with van der Waals surface area (Å²) in [5.41, 5.74) is 6.36. The molecule has 5 rings (SSSR count). The summed E-state index contributed by atoms with van der Waals surface area (Å²) in [6, 6.07) is 15.1. The second kappa shape index (κ2) is 11.8. The lowest BCUT2D eigenvalue weighted by Gasteiger charge is -2.31. The molecule has 212 valence electrons. The normalized spacial score (nSPS) is 15.5. The van der Waals surface area contributed by atoms with Crippen LogP contribution in [0.2, 0.25) is 0 Å². The summed E-state index contributed by atoms with van der Waals surface area (Å²) >= 11 is 0. The molecule has 1 amide bonds. The summed E-state index contributed by atoms with van der Waals surface area (Å²) in [6.45, 7) is 3.07. The smallest absolute Gasteiger partial charge is 0.332 e. The lowest BCUT2D eigenvalue weighted by molar-refractivity contribution is 0.0969. The number of amides is 1. The first-order valence-electron chi connectivity index (χ1n) is 13.6. The number of para-hydroxylation sites is 1. The lowest BCUT2D eigenvalue weighted by atomic mass is 10.1. The number of nitrogens with two attached hydrogens (primary N) is 1. The van der Waals surface area contributed by atoms with Gasteiger partial charge in [-0.2, -0.15) is 4.98 Å². The van der Waals surface area contributed by atoms with Gasteiger partial charge in [0.05, 0.1) is 12.2 Å². The largest absolute Gasteiger partial charge is 0.341 e. The molecule has 41 heavy (non-hydrogen) atoms. The van der Waals surface area contributed by atoms with E-state index in [1.165, 1.54) is 11.6 Å². The van der Waals surface area contributed by atoms with Crippen molar-refractivity contribution in [2.24, 2.45) is 12.8 Å². The van der Waals surface area contributed by atoms with E-state index in [-0.39, 0.29) is 28.7 Å². The van der Waals surface area contributed by atoms with Gasteiger partial charge in [0, 0.05) is 43.9 Å². The van der Waals surface area contributed by atoms with Gasteiger partial charge < -0.3 is 20.5 Å². The topological polar surface area (TPSA) is 137 Å². The maximum absolute atomic E-state index is 13.9. The number of benzene rings is 2. The fourth-order valence-electron chi connectivity index (χ4n) is 5.16. The molecule has 0 aliphatic carbocycles. The van der Waals surface area contributed by atoms with Crippen molar-refractivity contribution in [1.82, 2.24) is 18.7 Å². The highest BCUT2D eigenvalue weighted by atomic mass is 16.2. The molecule has 1 unspecified atom stereocenters. The summed E-state index contributed by atoms with van der Waals surface area (Å²) in [4.78, 5) is 60.3. The Morgan fingerprint density at radius 2 is 1.80 bits per heavy atom. The first-order valence-corrected chi connectivity index (χ1v) is 13.6. The van der Waals surface area contributed by atoms with Crippen molar-refractivity contribution in [2.75, 3.05) is 23.3 Å². The fraction of sp³-hybridized carbons (Fsp3) is 0.300. The predicted octanol–water partition coefficient (Wildman–Crippen LogP) is 2.54. The number of hydrogen-bond donors (Lipinski definition) is 2. The van der Waals surface area contributed by atoms with Gasteiger partial charge in [-0.05, 0) is 44.0 Å². The van der Waals surface area contributed by atoms with Crippen molar-refractivity contribution in [1.29, 1.82) is 0 Å². The molecule has 3 N–H and O–H groups in total. The monoisotopic (exact) mass is 555 g/mol. The molecule has 1 aliphatic heterocycles. The SMILES string of the molecule is C/C=C/Cn1c(N2CCCC(N)C2)nc2c1c(=O)n(CC(=O)c1ccccc1NC(=O)c1ccccc1)c(=O)n2C. The summed E-state index contributed by atoms with van der Waals surface area (Å²) in [7, 11) is 1.54. The molecule has 0 spiro atoms. The maximum atomic E-state index is 13.9. The van der Waals surface area contributed by atoms with E-state index < -0.39 is 23.6 Å². The highest BCUT2D eigenvalue weighted by molar-refractivity contribution is 6.09. The van der Waals surface area contributed by atoms with Crippen LogP contribution >= 0.6 is 0 Å². The molecule has 1 aliphatic rings. The molecule has 11 nitrogen and oxygen atoms in total. The van der Waals surface area contributed by atoms with Crippen LogP contribution in [-0.4, -0.2) is 49.5 Å². The Bertz CT molecular complexity index is 1750. The highest BCUT2D eigenvalue weighted by Crippen LogP contribution is 2.23. The number of anilines is 2. The Hall–Kier alpha value is -4.77. The number of piperidine rings is 1. The van der Waals surface area contributed by atoms with Crippen molar-refractivity contribution < 1.29 is 9.59 Å². The maximum Gasteiger partial charge on any atom is 0.332 e. The van der Waals surface area contributed by atoms with E-state index in [0.29, 0.717) is 30.3 Å². The molecule has 3 heterocycles. The number of imidazole rings is 1. The molecule has 1 atom stereocenters. The first kappa shape index (κ1) is 27.8. The van der Waals surface area contributed by atoms with Crippen LogP contribution in [-0.2, 0) is 20.1 Å². The zero-order chi connectivity index (χ0) is 29.1. The van der Waals surface area contributed by atoms with Gasteiger partial charge >= 0.3 is 5.69 Å². The Balaban J connectivity index is 1.54. The summed E-state index contributed by atoms with van der Waals surface area (Å²) in [5, 5.41) is 2.77. The molecule has 0 bridgehead atoms. The van der Waals surface area contributed by atoms with Crippen LogP contribution in [0.4, 0.5) is 11.6 Å². The zero-order valence-corrected chi connectivity index (χ0v) is 23.1. The number of nitrogens with zero attached hydrogens (tertiary/aromatic N) is 5. The van der Waals surface area contributed by atoms with E-state index in [0.717, 1.165) is 24.0 Å². The lowest BCUT2D eigenvalue weighted by Crippen LogP contribution is -2.44. The zero-order valence-electron chi connectivity index (χ0n) is 23.1. The van der Waals surface area contributed by atoms with Crippen molar-refractivity contribution in [2.45, 2.75) is 38.9 Å². The quantitative estimate of drug-likeness (QED) is 0.252. The van der Waals surface area contributed by atoms with Crippen molar-refractivity contribution in [3.63, 3.8) is 0 Å². The average molecular weight is 556 g/mol. The van der Waals surface area contributed by atoms with Crippen LogP contribution in [0.1, 0.15) is 40.5 Å². The van der Waals surface area contributed by atoms with Crippen LogP contribution in [0, 0.1) is 0 Å². The standard InChI is InChI=1S/C30H33N7O4/c1-3-4-17-36-25-26(33-29(36)35-16-10-13-21(31)18-35)34(2)30(41)37(28(25)40)19-24(38)22-14-8-9-15-23(22)32-27(39)20-11-6-5-7-12-20/h3-9,11-12,14-15,21H,10,13,16-19,31H2,1-2H3,(H,32,39)/b4-3+. The summed E-state index contributed by atoms with van der Waals surface area (Å²) in [6.07, 6.45) is 5.58. The summed E-state index contributed by atoms with van der Waals surface area (Å²) in [5.74, 6) is -0.300. The van der Waals surface area contributed by atoms with E-state index in [2.05, 4.69) is 5.32 Å². The van der Waals surface area contributed by atoms with Crippen LogP contribution in [0.25, 0.3) is 11.2 Å². The van der Waals surface area contributed by atoms with Gasteiger partial charge in [-0.15, -0.1) is 0 Å². The van der Waals surface area contributed by atoms with Gasteiger partial charge in [0.2, 0.25) is 5.95 Å². The molecule has 1 saturated heterocycles. The fourth-order valence-corrected chi connectivity index (χ4v) is 5.16. The van der Waals surface area contributed by atoms with Gasteiger partial charge in [0.15, 0.2) is 16.9 Å². The van der Waals surface area contributed by atoms with Gasteiger partial charge in [-0.25, -0.2) is 4.79 Å². The van der Waals surface area contributed by atoms with Crippen molar-refractivity contribution in [3.8, 4) is 0 Å². The molecule has 4 aromatic rings. The third-order valence-electron chi connectivity index (χ3n) is 7.29. The number of aromatic nitrogens is 4. The molecule has 1 fully saturated rings. The Morgan fingerprint density at radius 1 is 1.07 bits per heavy atom. The number of nitrogens with one attached hydrogen (secondary N) is 1. The minimum atomic E-state index is -0.653. The Kier molecular flexibility index (Phi) is 7.97. The Labute approximate surface area is 236 Å². The Morgan fingerprint density at radius 3 is 2.54 bits per heavy atom. The average Bonchev–Trinajstić information content (AvgIpc) is 3.37. The molecule has 2 aromatic carbocycles. The highest BCUT2D eigenvalue weighted by Gasteiger charge is 2.27. The van der Waals surface area contributed by atoms with E-state index in [1.807, 2.05) is 24.0 Å². The summed E-state index contributed by atoms with van der Waals surface area (Å²) < 4.78 is 4.01. The molecule has 2 aromatic heterocycles. The number of aryl methyl sites for hydroxylation is 1. The van der Waals surface area contributed by atoms with Gasteiger partial charge in [-0.1, -0.05) is 42.5 Å². The number of carbonyl (C=O) groups is 2. The van der Waals surface area contributed by atoms with E-state index >= 15 is 0 Å². The number of rotatable bonds is 8. The minimum Gasteiger partial charge on any atom is -0.341 e. The van der Waals surface area contributed by atoms with E-state index in [4.69, 9.17) is 10.7 Å². The second-order valence-electron chi connectivity index (χ2n) is 10.1. The number of Topliss-reactive ketones (excluding diaryl/α,β-unsaturated/α-hetero) is 1. The van der Waals surface area contributed by atoms with E-state index in [1.54, 1.807) is 59.2 Å². The van der Waals surface area contributed by atoms with Crippen LogP contribution in [0.3, 0.4) is 0 Å². The van der Waals surface area contributed by atoms with E-state index in [9.17, 15) is 19.2 Å². The van der Waals surface area contributed by atoms with Gasteiger partial charge in [-0.3, -0.25) is 23.5 Å².